The summed E-state index contributed by atoms with van der Waals surface area (Å²) in [6, 6.07) is 27.1. The number of carboxylic acids is 1. The summed E-state index contributed by atoms with van der Waals surface area (Å²) in [7, 11) is 0. The monoisotopic (exact) mass is 516 g/mol. The van der Waals surface area contributed by atoms with Crippen molar-refractivity contribution in [2.45, 2.75) is 50.5 Å². The van der Waals surface area contributed by atoms with Gasteiger partial charge in [0.25, 0.3) is 0 Å². The lowest BCUT2D eigenvalue weighted by Gasteiger charge is -2.57. The first-order chi connectivity index (χ1) is 19.0. The van der Waals surface area contributed by atoms with Gasteiger partial charge in [-0.1, -0.05) is 72.8 Å². The molecule has 1 N–H and O–H groups in total. The van der Waals surface area contributed by atoms with Gasteiger partial charge >= 0.3 is 11.9 Å². The topological polar surface area (TPSA) is 63.6 Å². The van der Waals surface area contributed by atoms with Crippen molar-refractivity contribution in [3.05, 3.63) is 107 Å². The highest BCUT2D eigenvalue weighted by atomic mass is 16.5. The fourth-order valence-electron chi connectivity index (χ4n) is 8.26. The molecular formula is C35H32O4. The predicted molar refractivity (Wildman–Crippen MR) is 152 cm³/mol. The van der Waals surface area contributed by atoms with Crippen LogP contribution < -0.4 is 0 Å². The van der Waals surface area contributed by atoms with Gasteiger partial charge in [0.05, 0.1) is 11.1 Å². The maximum absolute atomic E-state index is 13.9. The van der Waals surface area contributed by atoms with Crippen LogP contribution in [-0.4, -0.2) is 17.0 Å². The highest BCUT2D eigenvalue weighted by Gasteiger charge is 2.51. The van der Waals surface area contributed by atoms with Crippen LogP contribution in [0.2, 0.25) is 0 Å². The van der Waals surface area contributed by atoms with Crippen LogP contribution in [0.3, 0.4) is 0 Å². The Bertz CT molecular complexity index is 1550. The number of benzene rings is 4. The van der Waals surface area contributed by atoms with Gasteiger partial charge < -0.3 is 9.84 Å². The van der Waals surface area contributed by atoms with E-state index in [-0.39, 0.29) is 17.6 Å². The summed E-state index contributed by atoms with van der Waals surface area (Å²) in [6.07, 6.45) is 7.83. The molecule has 4 heteroatoms. The van der Waals surface area contributed by atoms with Crippen LogP contribution in [0.5, 0.6) is 0 Å². The van der Waals surface area contributed by atoms with Crippen LogP contribution in [0.1, 0.15) is 70.4 Å². The Kier molecular flexibility index (Phi) is 5.80. The van der Waals surface area contributed by atoms with Gasteiger partial charge in [-0.25, -0.2) is 9.59 Å². The first-order valence-electron chi connectivity index (χ1n) is 14.1. The minimum Gasteiger partial charge on any atom is -0.478 e. The molecule has 4 aliphatic rings. The summed E-state index contributed by atoms with van der Waals surface area (Å²) in [5, 5.41) is 11.8. The summed E-state index contributed by atoms with van der Waals surface area (Å²) in [6.45, 7) is 0.157. The largest absolute Gasteiger partial charge is 0.478 e. The Balaban J connectivity index is 1.38. The second-order valence-corrected chi connectivity index (χ2v) is 12.0. The van der Waals surface area contributed by atoms with Gasteiger partial charge in [-0.15, -0.1) is 0 Å². The van der Waals surface area contributed by atoms with Crippen LogP contribution >= 0.6 is 0 Å². The molecule has 0 atom stereocenters. The van der Waals surface area contributed by atoms with E-state index in [1.807, 2.05) is 48.5 Å². The standard InChI is InChI=1S/C35H32O4/c36-33(37)30-9-5-4-8-28(30)29-13-11-26-10-12-27(35-18-23-14-24(19-35)16-25(15-23)20-35)17-31(26)32(29)34(38)39-21-22-6-2-1-3-7-22/h1-13,17,23-25H,14-16,18-21H2,(H,36,37). The second kappa shape index (κ2) is 9.37. The van der Waals surface area contributed by atoms with E-state index in [0.29, 0.717) is 16.7 Å². The van der Waals surface area contributed by atoms with Crippen molar-refractivity contribution in [1.82, 2.24) is 0 Å². The Labute approximate surface area is 228 Å². The number of fused-ring (bicyclic) bond motifs is 1. The zero-order valence-electron chi connectivity index (χ0n) is 21.9. The quantitative estimate of drug-likeness (QED) is 0.264. The van der Waals surface area contributed by atoms with Crippen LogP contribution in [0.25, 0.3) is 21.9 Å². The Hall–Kier alpha value is -3.92. The normalized spacial score (nSPS) is 25.1. The highest BCUT2D eigenvalue weighted by Crippen LogP contribution is 2.61. The summed E-state index contributed by atoms with van der Waals surface area (Å²) in [4.78, 5) is 26.0. The van der Waals surface area contributed by atoms with Crippen molar-refractivity contribution < 1.29 is 19.4 Å². The molecule has 0 saturated heterocycles. The molecule has 4 fully saturated rings. The number of aromatic carboxylic acids is 1. The summed E-state index contributed by atoms with van der Waals surface area (Å²) in [5.41, 5.74) is 4.17. The number of carbonyl (C=O) groups is 2. The third-order valence-corrected chi connectivity index (χ3v) is 9.54. The molecule has 4 aromatic carbocycles. The SMILES string of the molecule is O=C(O)c1ccccc1-c1ccc2ccc(C34CC5CC(CC(C5)C3)C4)cc2c1C(=O)OCc1ccccc1. The Morgan fingerprint density at radius 1 is 0.769 bits per heavy atom. The lowest BCUT2D eigenvalue weighted by Crippen LogP contribution is -2.48. The van der Waals surface area contributed by atoms with Crippen molar-refractivity contribution in [2.24, 2.45) is 17.8 Å². The summed E-state index contributed by atoms with van der Waals surface area (Å²) in [5.74, 6) is 1.00. The van der Waals surface area contributed by atoms with Gasteiger partial charge in [-0.3, -0.25) is 0 Å². The minimum absolute atomic E-state index is 0.157. The molecule has 0 aromatic heterocycles. The maximum Gasteiger partial charge on any atom is 0.339 e. The van der Waals surface area contributed by atoms with Crippen LogP contribution in [-0.2, 0) is 16.8 Å². The smallest absolute Gasteiger partial charge is 0.339 e. The molecule has 4 aliphatic carbocycles. The Morgan fingerprint density at radius 3 is 2.10 bits per heavy atom. The fraction of sp³-hybridized carbons (Fsp3) is 0.314. The summed E-state index contributed by atoms with van der Waals surface area (Å²) < 4.78 is 5.89. The van der Waals surface area contributed by atoms with Gasteiger partial charge in [0.15, 0.2) is 0 Å². The molecule has 0 spiro atoms. The van der Waals surface area contributed by atoms with E-state index >= 15 is 0 Å². The lowest BCUT2D eigenvalue weighted by atomic mass is 9.48. The van der Waals surface area contributed by atoms with Crippen LogP contribution in [0, 0.1) is 17.8 Å². The zero-order chi connectivity index (χ0) is 26.6. The van der Waals surface area contributed by atoms with Gasteiger partial charge in [-0.2, -0.15) is 0 Å². The molecule has 0 radical (unpaired) electrons. The van der Waals surface area contributed by atoms with Crippen molar-refractivity contribution in [1.29, 1.82) is 0 Å². The molecule has 8 rings (SSSR count). The number of carboxylic acid groups (broad SMARTS) is 1. The molecule has 4 bridgehead atoms. The number of hydrogen-bond acceptors (Lipinski definition) is 3. The van der Waals surface area contributed by atoms with Crippen molar-refractivity contribution in [3.63, 3.8) is 0 Å². The molecule has 0 amide bonds. The number of ether oxygens (including phenoxy) is 1. The van der Waals surface area contributed by atoms with E-state index in [1.165, 1.54) is 44.1 Å². The fourth-order valence-corrected chi connectivity index (χ4v) is 8.26. The van der Waals surface area contributed by atoms with Gasteiger partial charge in [0, 0.05) is 0 Å². The average Bonchev–Trinajstić information content (AvgIpc) is 2.95. The molecular weight excluding hydrogens is 484 g/mol. The maximum atomic E-state index is 13.9. The van der Waals surface area contributed by atoms with Gasteiger partial charge in [0.2, 0.25) is 0 Å². The van der Waals surface area contributed by atoms with Crippen molar-refractivity contribution in [2.75, 3.05) is 0 Å². The van der Waals surface area contributed by atoms with Crippen LogP contribution in [0.4, 0.5) is 0 Å². The molecule has 39 heavy (non-hydrogen) atoms. The van der Waals surface area contributed by atoms with Crippen LogP contribution in [0.15, 0.2) is 84.9 Å². The van der Waals surface area contributed by atoms with E-state index in [1.54, 1.807) is 18.2 Å². The molecule has 196 valence electrons. The molecule has 0 aliphatic heterocycles. The van der Waals surface area contributed by atoms with E-state index in [2.05, 4.69) is 18.2 Å². The first-order valence-corrected chi connectivity index (χ1v) is 14.1. The minimum atomic E-state index is -1.02. The van der Waals surface area contributed by atoms with Gasteiger partial charge in [0.1, 0.15) is 6.61 Å². The predicted octanol–water partition coefficient (Wildman–Crippen LogP) is 8.03. The van der Waals surface area contributed by atoms with E-state index in [0.717, 1.165) is 34.1 Å². The molecule has 4 aromatic rings. The van der Waals surface area contributed by atoms with Gasteiger partial charge in [-0.05, 0) is 107 Å². The lowest BCUT2D eigenvalue weighted by molar-refractivity contribution is -0.00514. The van der Waals surface area contributed by atoms with Crippen molar-refractivity contribution >= 4 is 22.7 Å². The third-order valence-electron chi connectivity index (χ3n) is 9.54. The highest BCUT2D eigenvalue weighted by molar-refractivity contribution is 6.12. The second-order valence-electron chi connectivity index (χ2n) is 12.0. The molecule has 4 nitrogen and oxygen atoms in total. The van der Waals surface area contributed by atoms with E-state index in [4.69, 9.17) is 4.74 Å². The first kappa shape index (κ1) is 24.1. The number of esters is 1. The number of carbonyl (C=O) groups excluding carboxylic acids is 1. The average molecular weight is 517 g/mol. The summed E-state index contributed by atoms with van der Waals surface area (Å²) >= 11 is 0. The van der Waals surface area contributed by atoms with E-state index < -0.39 is 11.9 Å². The molecule has 0 unspecified atom stereocenters. The number of hydrogen-bond donors (Lipinski definition) is 1. The zero-order valence-corrected chi connectivity index (χ0v) is 21.9. The van der Waals surface area contributed by atoms with E-state index in [9.17, 15) is 14.7 Å². The number of rotatable bonds is 6. The molecule has 4 saturated carbocycles. The molecule has 0 heterocycles. The third kappa shape index (κ3) is 4.23. The Morgan fingerprint density at radius 2 is 1.41 bits per heavy atom. The van der Waals surface area contributed by atoms with Crippen molar-refractivity contribution in [3.8, 4) is 11.1 Å².